The van der Waals surface area contributed by atoms with E-state index in [1.165, 1.54) is 0 Å². The molecule has 13 heavy (non-hydrogen) atoms. The molecular weight excluding hydrogens is 160 g/mol. The van der Waals surface area contributed by atoms with Crippen molar-refractivity contribution in [1.29, 1.82) is 0 Å². The molecule has 0 unspecified atom stereocenters. The van der Waals surface area contributed by atoms with E-state index in [1.807, 2.05) is 0 Å². The van der Waals surface area contributed by atoms with Crippen LogP contribution in [-0.2, 0) is 0 Å². The maximum atomic E-state index is 5.40. The summed E-state index contributed by atoms with van der Waals surface area (Å²) in [5, 5.41) is 0. The summed E-state index contributed by atoms with van der Waals surface area (Å²) in [5.41, 5.74) is 0. The lowest BCUT2D eigenvalue weighted by Crippen LogP contribution is -1.82. The molecule has 4 radical (unpaired) electrons. The number of benzene rings is 2. The third-order valence-electron chi connectivity index (χ3n) is 1.46. The average Bonchev–Trinajstić information content (AvgIpc) is 2.21. The molecule has 0 saturated carbocycles. The van der Waals surface area contributed by atoms with E-state index in [0.717, 1.165) is 0 Å². The summed E-state index contributed by atoms with van der Waals surface area (Å²) in [4.78, 5) is 0. The van der Waals surface area contributed by atoms with Gasteiger partial charge >= 0.3 is 0 Å². The Morgan fingerprint density at radius 3 is 1.69 bits per heavy atom. The van der Waals surface area contributed by atoms with E-state index in [1.54, 1.807) is 36.4 Å². The Hall–Kier alpha value is -1.76. The summed E-state index contributed by atoms with van der Waals surface area (Å²) in [6, 6.07) is 22.2. The third-order valence-corrected chi connectivity index (χ3v) is 1.46. The summed E-state index contributed by atoms with van der Waals surface area (Å²) in [6.45, 7) is 0. The van der Waals surface area contributed by atoms with Crippen LogP contribution in [0.15, 0.2) is 36.4 Å². The first-order valence-corrected chi connectivity index (χ1v) is 3.88. The number of hydrogen-bond acceptors (Lipinski definition) is 1. The lowest BCUT2D eigenvalue weighted by molar-refractivity contribution is 0.480. The topological polar surface area (TPSA) is 9.23 Å². The zero-order valence-electron chi connectivity index (χ0n) is 6.87. The van der Waals surface area contributed by atoms with E-state index in [4.69, 9.17) is 4.74 Å². The molecule has 0 aromatic heterocycles. The highest BCUT2D eigenvalue weighted by Gasteiger charge is 1.93. The predicted octanol–water partition coefficient (Wildman–Crippen LogP) is 2.68. The summed E-state index contributed by atoms with van der Waals surface area (Å²) < 4.78 is 5.40. The monoisotopic (exact) mass is 166 g/mol. The van der Waals surface area contributed by atoms with Crippen LogP contribution < -0.4 is 4.74 Å². The second kappa shape index (κ2) is 3.76. The van der Waals surface area contributed by atoms with Gasteiger partial charge in [0.15, 0.2) is 0 Å². The zero-order chi connectivity index (χ0) is 8.93. The fourth-order valence-electron chi connectivity index (χ4n) is 0.911. The molecule has 1 heteroatoms. The van der Waals surface area contributed by atoms with Gasteiger partial charge in [-0.3, -0.25) is 0 Å². The molecule has 2 aromatic carbocycles. The van der Waals surface area contributed by atoms with Crippen LogP contribution >= 0.6 is 0 Å². The van der Waals surface area contributed by atoms with Gasteiger partial charge in [-0.1, -0.05) is 12.1 Å². The van der Waals surface area contributed by atoms with Crippen LogP contribution in [-0.4, -0.2) is 0 Å². The minimum atomic E-state index is 0.637. The molecule has 60 valence electrons. The van der Waals surface area contributed by atoms with Gasteiger partial charge in [-0.25, -0.2) is 0 Å². The second-order valence-electron chi connectivity index (χ2n) is 2.41. The minimum Gasteiger partial charge on any atom is -0.456 e. The van der Waals surface area contributed by atoms with Crippen LogP contribution in [0, 0.1) is 24.3 Å². The first kappa shape index (κ1) is 7.87. The van der Waals surface area contributed by atoms with Gasteiger partial charge in [-0.05, 0) is 36.4 Å². The average molecular weight is 166 g/mol. The van der Waals surface area contributed by atoms with E-state index < -0.39 is 0 Å². The molecular formula is C12H6O. The summed E-state index contributed by atoms with van der Waals surface area (Å²) in [5.74, 6) is 1.27. The molecule has 0 fully saturated rings. The molecule has 2 aromatic rings. The Morgan fingerprint density at radius 2 is 1.31 bits per heavy atom. The normalized spacial score (nSPS) is 9.54. The van der Waals surface area contributed by atoms with Crippen molar-refractivity contribution in [3.63, 3.8) is 0 Å². The molecule has 0 saturated heterocycles. The van der Waals surface area contributed by atoms with Gasteiger partial charge in [0, 0.05) is 12.1 Å². The van der Waals surface area contributed by atoms with E-state index in [0.29, 0.717) is 11.5 Å². The van der Waals surface area contributed by atoms with Gasteiger partial charge in [0.2, 0.25) is 0 Å². The van der Waals surface area contributed by atoms with Gasteiger partial charge < -0.3 is 4.74 Å². The highest BCUT2D eigenvalue weighted by Crippen LogP contribution is 2.18. The Morgan fingerprint density at radius 1 is 0.769 bits per heavy atom. The van der Waals surface area contributed by atoms with Gasteiger partial charge in [0.25, 0.3) is 0 Å². The Bertz CT molecular complexity index is 316. The Labute approximate surface area is 77.6 Å². The van der Waals surface area contributed by atoms with E-state index in [-0.39, 0.29) is 0 Å². The van der Waals surface area contributed by atoms with Crippen molar-refractivity contribution < 1.29 is 4.74 Å². The van der Waals surface area contributed by atoms with E-state index in [2.05, 4.69) is 24.3 Å². The van der Waals surface area contributed by atoms with Crippen molar-refractivity contribution in [1.82, 2.24) is 0 Å². The van der Waals surface area contributed by atoms with Crippen LogP contribution in [0.1, 0.15) is 0 Å². The first-order valence-electron chi connectivity index (χ1n) is 3.88. The minimum absolute atomic E-state index is 0.637. The molecule has 0 spiro atoms. The quantitative estimate of drug-likeness (QED) is 0.666. The first-order chi connectivity index (χ1) is 6.45. The molecule has 2 rings (SSSR count). The molecule has 0 N–H and O–H groups in total. The van der Waals surface area contributed by atoms with E-state index >= 15 is 0 Å². The molecule has 0 atom stereocenters. The molecule has 1 nitrogen and oxygen atoms in total. The molecule has 0 heterocycles. The number of hydrogen-bond donors (Lipinski definition) is 0. The van der Waals surface area contributed by atoms with Crippen LogP contribution in [0.25, 0.3) is 0 Å². The lowest BCUT2D eigenvalue weighted by atomic mass is 10.3. The third kappa shape index (κ3) is 2.09. The van der Waals surface area contributed by atoms with Gasteiger partial charge in [0.1, 0.15) is 11.5 Å². The Kier molecular flexibility index (Phi) is 2.28. The highest BCUT2D eigenvalue weighted by atomic mass is 16.5. The van der Waals surface area contributed by atoms with Crippen molar-refractivity contribution >= 4 is 0 Å². The predicted molar refractivity (Wildman–Crippen MR) is 48.3 cm³/mol. The van der Waals surface area contributed by atoms with Crippen molar-refractivity contribution in [2.45, 2.75) is 0 Å². The van der Waals surface area contributed by atoms with Crippen molar-refractivity contribution in [2.75, 3.05) is 0 Å². The SMILES string of the molecule is [c]1cc[c]c(Oc2[c]cc[c]c2)c1. The summed E-state index contributed by atoms with van der Waals surface area (Å²) in [6.07, 6.45) is 0. The maximum Gasteiger partial charge on any atom is 0.136 e. The zero-order valence-corrected chi connectivity index (χ0v) is 6.87. The second-order valence-corrected chi connectivity index (χ2v) is 2.41. The number of rotatable bonds is 2. The maximum absolute atomic E-state index is 5.40. The molecule has 0 bridgehead atoms. The van der Waals surface area contributed by atoms with Crippen LogP contribution in [0.5, 0.6) is 11.5 Å². The fraction of sp³-hybridized carbons (Fsp3) is 0. The van der Waals surface area contributed by atoms with Crippen molar-refractivity contribution in [3.8, 4) is 11.5 Å². The molecule has 0 aliphatic rings. The standard InChI is InChI=1S/C12H6O/c1-3-7-11(8-4-1)13-12-9-5-2-6-10-12/h1-3,5,8,10H. The van der Waals surface area contributed by atoms with Gasteiger partial charge in [0.05, 0.1) is 0 Å². The van der Waals surface area contributed by atoms with E-state index in [9.17, 15) is 0 Å². The van der Waals surface area contributed by atoms with Crippen LogP contribution in [0.2, 0.25) is 0 Å². The lowest BCUT2D eigenvalue weighted by Gasteiger charge is -2.02. The largest absolute Gasteiger partial charge is 0.456 e. The smallest absolute Gasteiger partial charge is 0.136 e. The molecule has 0 aliphatic heterocycles. The van der Waals surface area contributed by atoms with Gasteiger partial charge in [-0.2, -0.15) is 0 Å². The fourth-order valence-corrected chi connectivity index (χ4v) is 0.911. The van der Waals surface area contributed by atoms with Crippen LogP contribution in [0.3, 0.4) is 0 Å². The summed E-state index contributed by atoms with van der Waals surface area (Å²) >= 11 is 0. The molecule has 0 aliphatic carbocycles. The van der Waals surface area contributed by atoms with Crippen molar-refractivity contribution in [3.05, 3.63) is 60.7 Å². The summed E-state index contributed by atoms with van der Waals surface area (Å²) in [7, 11) is 0. The van der Waals surface area contributed by atoms with Crippen LogP contribution in [0.4, 0.5) is 0 Å². The van der Waals surface area contributed by atoms with Crippen molar-refractivity contribution in [2.24, 2.45) is 0 Å². The highest BCUT2D eigenvalue weighted by molar-refractivity contribution is 5.27. The molecule has 0 amide bonds. The van der Waals surface area contributed by atoms with Gasteiger partial charge in [-0.15, -0.1) is 0 Å². The number of ether oxygens (including phenoxy) is 1. The Balaban J connectivity index is 2.16.